The number of rotatable bonds is 4. The van der Waals surface area contributed by atoms with Gasteiger partial charge in [0, 0.05) is 6.92 Å². The van der Waals surface area contributed by atoms with Crippen LogP contribution in [-0.4, -0.2) is 20.6 Å². The van der Waals surface area contributed by atoms with Crippen molar-refractivity contribution in [3.63, 3.8) is 0 Å². The molecular weight excluding hydrogens is 184 g/mol. The molecular formula is C9H20O3Si. The second-order valence-electron chi connectivity index (χ2n) is 4.05. The van der Waals surface area contributed by atoms with Crippen molar-refractivity contribution in [1.82, 2.24) is 0 Å². The van der Waals surface area contributed by atoms with E-state index in [-0.39, 0.29) is 5.97 Å². The van der Waals surface area contributed by atoms with Gasteiger partial charge < -0.3 is 9.16 Å². The summed E-state index contributed by atoms with van der Waals surface area (Å²) in [7, 11) is -1.69. The van der Waals surface area contributed by atoms with Crippen molar-refractivity contribution in [3.8, 4) is 0 Å². The van der Waals surface area contributed by atoms with E-state index in [9.17, 15) is 4.79 Å². The highest BCUT2D eigenvalue weighted by Crippen LogP contribution is 2.23. The van der Waals surface area contributed by atoms with Crippen LogP contribution in [0.3, 0.4) is 0 Å². The third-order valence-corrected chi connectivity index (χ3v) is 5.91. The maximum atomic E-state index is 10.6. The second-order valence-corrected chi connectivity index (χ2v) is 8.65. The van der Waals surface area contributed by atoms with Gasteiger partial charge in [0.25, 0.3) is 0 Å². The number of hydrogen-bond acceptors (Lipinski definition) is 3. The highest BCUT2D eigenvalue weighted by atomic mass is 28.4. The Morgan fingerprint density at radius 1 is 1.23 bits per heavy atom. The van der Waals surface area contributed by atoms with Crippen molar-refractivity contribution in [2.45, 2.75) is 52.6 Å². The molecule has 0 amide bonds. The van der Waals surface area contributed by atoms with Crippen LogP contribution in [0.5, 0.6) is 0 Å². The van der Waals surface area contributed by atoms with Gasteiger partial charge in [0.15, 0.2) is 14.6 Å². The van der Waals surface area contributed by atoms with E-state index in [2.05, 4.69) is 26.9 Å². The van der Waals surface area contributed by atoms with Gasteiger partial charge in [-0.2, -0.15) is 0 Å². The fourth-order valence-corrected chi connectivity index (χ4v) is 2.00. The molecule has 0 spiro atoms. The minimum atomic E-state index is -1.69. The molecule has 0 saturated heterocycles. The Morgan fingerprint density at radius 2 is 1.69 bits per heavy atom. The Balaban J connectivity index is 4.03. The lowest BCUT2D eigenvalue weighted by Crippen LogP contribution is -2.38. The number of esters is 1. The molecule has 78 valence electrons. The van der Waals surface area contributed by atoms with E-state index in [4.69, 9.17) is 9.16 Å². The monoisotopic (exact) mass is 204 g/mol. The topological polar surface area (TPSA) is 35.5 Å². The van der Waals surface area contributed by atoms with Gasteiger partial charge in [-0.1, -0.05) is 13.8 Å². The zero-order valence-electron chi connectivity index (χ0n) is 9.38. The summed E-state index contributed by atoms with van der Waals surface area (Å²) in [6.07, 6.45) is -0.415. The Bertz CT molecular complexity index is 178. The van der Waals surface area contributed by atoms with E-state index in [1.165, 1.54) is 6.92 Å². The Labute approximate surface area is 81.6 Å². The molecule has 0 radical (unpaired) electrons. The normalized spacial score (nSPS) is 14.4. The molecule has 0 aromatic rings. The summed E-state index contributed by atoms with van der Waals surface area (Å²) in [4.78, 5) is 10.6. The quantitative estimate of drug-likeness (QED) is 0.401. The van der Waals surface area contributed by atoms with E-state index in [1.54, 1.807) is 6.92 Å². The van der Waals surface area contributed by atoms with Gasteiger partial charge in [-0.3, -0.25) is 4.79 Å². The summed E-state index contributed by atoms with van der Waals surface area (Å²) in [5.74, 6) is -0.291. The van der Waals surface area contributed by atoms with Crippen molar-refractivity contribution in [2.24, 2.45) is 0 Å². The van der Waals surface area contributed by atoms with Crippen LogP contribution in [0.1, 0.15) is 27.7 Å². The molecule has 0 saturated carbocycles. The molecule has 0 aliphatic rings. The molecule has 0 rings (SSSR count). The van der Waals surface area contributed by atoms with E-state index in [1.807, 2.05) is 0 Å². The zero-order valence-corrected chi connectivity index (χ0v) is 10.4. The zero-order chi connectivity index (χ0) is 10.6. The Kier molecular flexibility index (Phi) is 4.63. The third-order valence-electron chi connectivity index (χ3n) is 2.19. The molecule has 0 bridgehead atoms. The van der Waals surface area contributed by atoms with Crippen LogP contribution in [0.15, 0.2) is 0 Å². The maximum Gasteiger partial charge on any atom is 0.304 e. The van der Waals surface area contributed by atoms with Crippen LogP contribution in [-0.2, 0) is 14.0 Å². The molecule has 1 unspecified atom stereocenters. The Morgan fingerprint density at radius 3 is 2.00 bits per heavy atom. The van der Waals surface area contributed by atoms with E-state index in [0.717, 1.165) is 0 Å². The number of ether oxygens (including phenoxy) is 1. The summed E-state index contributed by atoms with van der Waals surface area (Å²) in [6, 6.07) is 0. The van der Waals surface area contributed by atoms with Crippen molar-refractivity contribution < 1.29 is 14.0 Å². The molecule has 3 nitrogen and oxygen atoms in total. The highest BCUT2D eigenvalue weighted by molar-refractivity contribution is 6.72. The van der Waals surface area contributed by atoms with Gasteiger partial charge in [0.2, 0.25) is 0 Å². The van der Waals surface area contributed by atoms with Crippen molar-refractivity contribution in [1.29, 1.82) is 0 Å². The summed E-state index contributed by atoms with van der Waals surface area (Å²) in [5.41, 5.74) is 0.519. The smallest absolute Gasteiger partial charge is 0.304 e. The van der Waals surface area contributed by atoms with Crippen molar-refractivity contribution in [2.75, 3.05) is 0 Å². The summed E-state index contributed by atoms with van der Waals surface area (Å²) in [6.45, 7) is 11.7. The molecule has 0 fully saturated rings. The van der Waals surface area contributed by atoms with Gasteiger partial charge in [-0.25, -0.2) is 0 Å². The number of carbonyl (C=O) groups excluding carboxylic acids is 1. The van der Waals surface area contributed by atoms with E-state index < -0.39 is 14.6 Å². The van der Waals surface area contributed by atoms with Gasteiger partial charge in [-0.15, -0.1) is 0 Å². The van der Waals surface area contributed by atoms with E-state index in [0.29, 0.717) is 5.54 Å². The largest absolute Gasteiger partial charge is 0.437 e. The highest BCUT2D eigenvalue weighted by Gasteiger charge is 2.29. The molecule has 1 atom stereocenters. The lowest BCUT2D eigenvalue weighted by molar-refractivity contribution is -0.159. The van der Waals surface area contributed by atoms with Crippen LogP contribution >= 0.6 is 0 Å². The third kappa shape index (κ3) is 5.05. The molecule has 4 heteroatoms. The first-order valence-corrected chi connectivity index (χ1v) is 7.59. The average molecular weight is 204 g/mol. The second kappa shape index (κ2) is 4.76. The summed E-state index contributed by atoms with van der Waals surface area (Å²) >= 11 is 0. The lowest BCUT2D eigenvalue weighted by Gasteiger charge is -2.29. The van der Waals surface area contributed by atoms with Crippen LogP contribution in [0, 0.1) is 0 Å². The van der Waals surface area contributed by atoms with Crippen LogP contribution in [0.2, 0.25) is 18.6 Å². The molecule has 0 aliphatic heterocycles. The minimum absolute atomic E-state index is 0.291. The number of carbonyl (C=O) groups is 1. The predicted octanol–water partition coefficient (Wildman–Crippen LogP) is 2.53. The van der Waals surface area contributed by atoms with Gasteiger partial charge in [-0.05, 0) is 25.6 Å². The molecule has 13 heavy (non-hydrogen) atoms. The summed E-state index contributed by atoms with van der Waals surface area (Å²) in [5, 5.41) is 0. The SMILES string of the molecule is CC(=O)OC(C)O[Si](C)(C)C(C)C. The first-order chi connectivity index (χ1) is 5.75. The standard InChI is InChI=1S/C9H20O3Si/c1-7(2)13(5,6)12-9(4)11-8(3)10/h7,9H,1-6H3. The van der Waals surface area contributed by atoms with Crippen molar-refractivity contribution in [3.05, 3.63) is 0 Å². The molecule has 0 aromatic heterocycles. The van der Waals surface area contributed by atoms with Crippen LogP contribution < -0.4 is 0 Å². The van der Waals surface area contributed by atoms with Gasteiger partial charge in [0.1, 0.15) is 0 Å². The average Bonchev–Trinajstić information content (AvgIpc) is 1.82. The van der Waals surface area contributed by atoms with E-state index >= 15 is 0 Å². The molecule has 0 aliphatic carbocycles. The Hall–Kier alpha value is -0.353. The maximum absolute atomic E-state index is 10.6. The minimum Gasteiger partial charge on any atom is -0.437 e. The van der Waals surface area contributed by atoms with Crippen LogP contribution in [0.25, 0.3) is 0 Å². The van der Waals surface area contributed by atoms with Gasteiger partial charge >= 0.3 is 5.97 Å². The fourth-order valence-electron chi connectivity index (χ4n) is 0.822. The van der Waals surface area contributed by atoms with Crippen molar-refractivity contribution >= 4 is 14.3 Å². The molecule has 0 N–H and O–H groups in total. The number of hydrogen-bond donors (Lipinski definition) is 0. The molecule has 0 aromatic carbocycles. The predicted molar refractivity (Wildman–Crippen MR) is 54.9 cm³/mol. The van der Waals surface area contributed by atoms with Gasteiger partial charge in [0.05, 0.1) is 0 Å². The van der Waals surface area contributed by atoms with Crippen LogP contribution in [0.4, 0.5) is 0 Å². The first-order valence-electron chi connectivity index (χ1n) is 4.60. The lowest BCUT2D eigenvalue weighted by atomic mass is 10.6. The summed E-state index contributed by atoms with van der Waals surface area (Å²) < 4.78 is 10.6. The first kappa shape index (κ1) is 12.6. The molecule has 0 heterocycles. The fraction of sp³-hybridized carbons (Fsp3) is 0.889.